The van der Waals surface area contributed by atoms with Crippen molar-refractivity contribution in [3.8, 4) is 0 Å². The van der Waals surface area contributed by atoms with Crippen molar-refractivity contribution in [2.24, 2.45) is 0 Å². The number of carbonyl (C=O) groups is 4. The number of aliphatic carboxylic acids is 4. The average Bonchev–Trinajstić information content (AvgIpc) is 3.70. The molecule has 4 heterocycles. The maximum atomic E-state index is 13.4. The van der Waals surface area contributed by atoms with E-state index < -0.39 is 23.9 Å². The van der Waals surface area contributed by atoms with Crippen LogP contribution in [0, 0.1) is 11.6 Å². The highest BCUT2D eigenvalue weighted by Gasteiger charge is 2.27. The van der Waals surface area contributed by atoms with Crippen LogP contribution in [0.4, 0.5) is 8.78 Å². The maximum absolute atomic E-state index is 13.4. The molecule has 0 saturated carbocycles. The molecular formula is C34H36F2N4O10. The zero-order chi connectivity index (χ0) is 36.2. The fourth-order valence-electron chi connectivity index (χ4n) is 5.88. The zero-order valence-corrected chi connectivity index (χ0v) is 26.8. The SMILES string of the molecule is Fc1ccc2c(C3CCN(CCN4CCC(c5noc6cc(F)ccc56)CC4)CC3)noc2c1.O=C(O)/C=C/C(=O)O.O=C(O)/C=C/C(=O)O. The van der Waals surface area contributed by atoms with Gasteiger partial charge in [0, 0.05) is 72.1 Å². The van der Waals surface area contributed by atoms with Gasteiger partial charge >= 0.3 is 23.9 Å². The highest BCUT2D eigenvalue weighted by molar-refractivity contribution is 5.90. The van der Waals surface area contributed by atoms with E-state index in [4.69, 9.17) is 29.5 Å². The lowest BCUT2D eigenvalue weighted by Crippen LogP contribution is -2.41. The monoisotopic (exact) mass is 698 g/mol. The second kappa shape index (κ2) is 17.8. The molecule has 0 aliphatic carbocycles. The first-order valence-corrected chi connectivity index (χ1v) is 15.7. The van der Waals surface area contributed by atoms with E-state index in [2.05, 4.69) is 20.1 Å². The fourth-order valence-corrected chi connectivity index (χ4v) is 5.88. The molecule has 14 nitrogen and oxygen atoms in total. The van der Waals surface area contributed by atoms with Crippen LogP contribution in [-0.2, 0) is 19.2 Å². The third-order valence-corrected chi connectivity index (χ3v) is 8.34. The van der Waals surface area contributed by atoms with Crippen molar-refractivity contribution in [1.82, 2.24) is 20.1 Å². The van der Waals surface area contributed by atoms with Gasteiger partial charge in [-0.1, -0.05) is 10.3 Å². The quantitative estimate of drug-likeness (QED) is 0.174. The Balaban J connectivity index is 0.000000294. The van der Waals surface area contributed by atoms with Gasteiger partial charge in [0.1, 0.15) is 11.6 Å². The Kier molecular flexibility index (Phi) is 13.3. The summed E-state index contributed by atoms with van der Waals surface area (Å²) >= 11 is 0. The molecule has 4 aromatic rings. The van der Waals surface area contributed by atoms with E-state index in [1.807, 2.05) is 0 Å². The number of halogens is 2. The first kappa shape index (κ1) is 37.3. The third-order valence-electron chi connectivity index (χ3n) is 8.34. The van der Waals surface area contributed by atoms with Crippen LogP contribution in [0.3, 0.4) is 0 Å². The average molecular weight is 699 g/mol. The maximum Gasteiger partial charge on any atom is 0.328 e. The van der Waals surface area contributed by atoms with Crippen LogP contribution < -0.4 is 0 Å². The number of carboxylic acids is 4. The summed E-state index contributed by atoms with van der Waals surface area (Å²) in [5, 5.41) is 41.6. The summed E-state index contributed by atoms with van der Waals surface area (Å²) in [7, 11) is 0. The van der Waals surface area contributed by atoms with Gasteiger partial charge in [-0.05, 0) is 76.1 Å². The zero-order valence-electron chi connectivity index (χ0n) is 26.8. The van der Waals surface area contributed by atoms with Crippen molar-refractivity contribution < 1.29 is 57.4 Å². The Morgan fingerprint density at radius 1 is 0.620 bits per heavy atom. The van der Waals surface area contributed by atoms with E-state index in [0.29, 0.717) is 47.3 Å². The summed E-state index contributed by atoms with van der Waals surface area (Å²) in [4.78, 5) is 43.3. The van der Waals surface area contributed by atoms with Crippen molar-refractivity contribution >= 4 is 45.8 Å². The summed E-state index contributed by atoms with van der Waals surface area (Å²) in [6.45, 7) is 6.29. The lowest BCUT2D eigenvalue weighted by molar-refractivity contribution is -0.134. The number of fused-ring (bicyclic) bond motifs is 2. The van der Waals surface area contributed by atoms with Crippen LogP contribution in [-0.4, -0.2) is 104 Å². The van der Waals surface area contributed by atoms with Crippen molar-refractivity contribution in [2.75, 3.05) is 39.3 Å². The van der Waals surface area contributed by atoms with Gasteiger partial charge in [0.25, 0.3) is 0 Å². The Morgan fingerprint density at radius 3 is 1.24 bits per heavy atom. The van der Waals surface area contributed by atoms with Gasteiger partial charge in [0.05, 0.1) is 11.4 Å². The summed E-state index contributed by atoms with van der Waals surface area (Å²) in [5.74, 6) is -4.88. The number of hydrogen-bond donors (Lipinski definition) is 4. The van der Waals surface area contributed by atoms with Crippen LogP contribution in [0.15, 0.2) is 69.7 Å². The van der Waals surface area contributed by atoms with Gasteiger partial charge in [-0.3, -0.25) is 0 Å². The summed E-state index contributed by atoms with van der Waals surface area (Å²) in [6, 6.07) is 9.35. The molecule has 0 atom stereocenters. The molecule has 2 fully saturated rings. The van der Waals surface area contributed by atoms with E-state index in [0.717, 1.165) is 87.1 Å². The van der Waals surface area contributed by atoms with Gasteiger partial charge in [0.15, 0.2) is 11.2 Å². The molecule has 4 N–H and O–H groups in total. The molecule has 2 aliphatic rings. The standard InChI is InChI=1S/C26H28F2N4O2.2C4H4O4/c27-19-1-3-21-23(15-19)33-29-25(21)17-5-9-31(10-6-17)13-14-32-11-7-18(8-12-32)26-22-4-2-20(28)16-24(22)34-30-26;2*5-3(6)1-2-4(7)8/h1-4,15-18H,5-14H2;2*1-2H,(H,5,6)(H,7,8)/b;2*2-1+. The second-order valence-electron chi connectivity index (χ2n) is 11.7. The Hall–Kier alpha value is -5.48. The van der Waals surface area contributed by atoms with Gasteiger partial charge < -0.3 is 39.3 Å². The normalized spacial score (nSPS) is 16.3. The highest BCUT2D eigenvalue weighted by atomic mass is 19.1. The van der Waals surface area contributed by atoms with Crippen molar-refractivity contribution in [1.29, 1.82) is 0 Å². The molecule has 266 valence electrons. The van der Waals surface area contributed by atoms with Crippen molar-refractivity contribution in [3.05, 3.63) is 83.7 Å². The van der Waals surface area contributed by atoms with E-state index in [9.17, 15) is 28.0 Å². The van der Waals surface area contributed by atoms with Crippen molar-refractivity contribution in [2.45, 2.75) is 37.5 Å². The molecule has 2 aromatic carbocycles. The Morgan fingerprint density at radius 2 is 0.940 bits per heavy atom. The smallest absolute Gasteiger partial charge is 0.328 e. The van der Waals surface area contributed by atoms with Gasteiger partial charge in [-0.2, -0.15) is 0 Å². The molecule has 0 radical (unpaired) electrons. The number of piperidine rings is 2. The number of aromatic nitrogens is 2. The molecule has 0 unspecified atom stereocenters. The molecule has 2 saturated heterocycles. The first-order valence-electron chi connectivity index (χ1n) is 15.7. The summed E-state index contributed by atoms with van der Waals surface area (Å²) in [6.07, 6.45) is 6.40. The highest BCUT2D eigenvalue weighted by Crippen LogP contribution is 2.34. The lowest BCUT2D eigenvalue weighted by Gasteiger charge is -2.35. The van der Waals surface area contributed by atoms with Crippen LogP contribution in [0.5, 0.6) is 0 Å². The predicted molar refractivity (Wildman–Crippen MR) is 174 cm³/mol. The molecule has 50 heavy (non-hydrogen) atoms. The van der Waals surface area contributed by atoms with Gasteiger partial charge in [0.2, 0.25) is 0 Å². The lowest BCUT2D eigenvalue weighted by atomic mass is 9.91. The van der Waals surface area contributed by atoms with E-state index >= 15 is 0 Å². The fraction of sp³-hybridized carbons (Fsp3) is 0.353. The van der Waals surface area contributed by atoms with E-state index in [-0.39, 0.29) is 11.6 Å². The number of carboxylic acid groups (broad SMARTS) is 4. The minimum atomic E-state index is -1.26. The molecule has 6 rings (SSSR count). The Bertz CT molecular complexity index is 1690. The van der Waals surface area contributed by atoms with Crippen LogP contribution in [0.1, 0.15) is 48.9 Å². The van der Waals surface area contributed by atoms with Gasteiger partial charge in [-0.25, -0.2) is 28.0 Å². The van der Waals surface area contributed by atoms with Crippen LogP contribution in [0.2, 0.25) is 0 Å². The molecular weight excluding hydrogens is 662 g/mol. The molecule has 0 amide bonds. The summed E-state index contributed by atoms with van der Waals surface area (Å²) in [5.41, 5.74) is 3.01. The Labute approximate surface area is 283 Å². The molecule has 2 aliphatic heterocycles. The first-order chi connectivity index (χ1) is 23.9. The van der Waals surface area contributed by atoms with E-state index in [1.165, 1.54) is 24.3 Å². The topological polar surface area (TPSA) is 208 Å². The van der Waals surface area contributed by atoms with Crippen molar-refractivity contribution in [3.63, 3.8) is 0 Å². The predicted octanol–water partition coefficient (Wildman–Crippen LogP) is 4.73. The second-order valence-corrected chi connectivity index (χ2v) is 11.7. The largest absolute Gasteiger partial charge is 0.478 e. The number of nitrogens with zero attached hydrogens (tertiary/aromatic N) is 4. The molecule has 2 aromatic heterocycles. The molecule has 0 spiro atoms. The minimum Gasteiger partial charge on any atom is -0.478 e. The van der Waals surface area contributed by atoms with Crippen LogP contribution in [0.25, 0.3) is 21.9 Å². The number of hydrogen-bond acceptors (Lipinski definition) is 10. The summed E-state index contributed by atoms with van der Waals surface area (Å²) < 4.78 is 37.6. The molecule has 0 bridgehead atoms. The minimum absolute atomic E-state index is 0.293. The number of likely N-dealkylation sites (tertiary alicyclic amines) is 2. The number of benzene rings is 2. The number of rotatable bonds is 9. The third kappa shape index (κ3) is 11.0. The van der Waals surface area contributed by atoms with Gasteiger partial charge in [-0.15, -0.1) is 0 Å². The van der Waals surface area contributed by atoms with E-state index in [1.54, 1.807) is 12.1 Å². The molecule has 16 heteroatoms. The van der Waals surface area contributed by atoms with Crippen LogP contribution >= 0.6 is 0 Å².